The van der Waals surface area contributed by atoms with E-state index in [2.05, 4.69) is 27.4 Å². The van der Waals surface area contributed by atoms with E-state index < -0.39 is 0 Å². The van der Waals surface area contributed by atoms with Gasteiger partial charge in [0.25, 0.3) is 5.91 Å². The van der Waals surface area contributed by atoms with Crippen molar-refractivity contribution in [3.63, 3.8) is 0 Å². The summed E-state index contributed by atoms with van der Waals surface area (Å²) in [6.07, 6.45) is -0.300. The maximum atomic E-state index is 13.6. The SMILES string of the molecule is Cc1nc(-c2ccc(C3N(C)c4ccccc4C(=O)N3c3ccccc3Cl)s2)cs1. The van der Waals surface area contributed by atoms with Gasteiger partial charge in [0.05, 0.1) is 37.5 Å². The number of rotatable bonds is 3. The number of nitrogens with zero attached hydrogens (tertiary/aromatic N) is 3. The van der Waals surface area contributed by atoms with E-state index in [9.17, 15) is 4.79 Å². The van der Waals surface area contributed by atoms with Crippen molar-refractivity contribution < 1.29 is 4.79 Å². The van der Waals surface area contributed by atoms with Gasteiger partial charge >= 0.3 is 0 Å². The van der Waals surface area contributed by atoms with Gasteiger partial charge in [-0.15, -0.1) is 22.7 Å². The van der Waals surface area contributed by atoms with Crippen molar-refractivity contribution >= 4 is 51.6 Å². The lowest BCUT2D eigenvalue weighted by molar-refractivity contribution is 0.0970. The fraction of sp³-hybridized carbons (Fsp3) is 0.130. The number of halogens is 1. The maximum Gasteiger partial charge on any atom is 0.262 e. The summed E-state index contributed by atoms with van der Waals surface area (Å²) in [5.74, 6) is -0.0544. The number of anilines is 2. The number of aryl methyl sites for hydroxylation is 1. The molecule has 1 atom stereocenters. The van der Waals surface area contributed by atoms with Crippen LogP contribution in [0.2, 0.25) is 5.02 Å². The number of aromatic nitrogens is 1. The van der Waals surface area contributed by atoms with Gasteiger partial charge in [0.1, 0.15) is 6.17 Å². The lowest BCUT2D eigenvalue weighted by Crippen LogP contribution is -2.48. The van der Waals surface area contributed by atoms with Crippen LogP contribution in [0, 0.1) is 6.92 Å². The van der Waals surface area contributed by atoms with Gasteiger partial charge < -0.3 is 4.90 Å². The first-order valence-corrected chi connectivity index (χ1v) is 11.5. The van der Waals surface area contributed by atoms with Crippen LogP contribution in [0.25, 0.3) is 10.6 Å². The average Bonchev–Trinajstić information content (AvgIpc) is 3.40. The molecule has 0 bridgehead atoms. The van der Waals surface area contributed by atoms with Gasteiger partial charge in [0.2, 0.25) is 0 Å². The Morgan fingerprint density at radius 2 is 1.73 bits per heavy atom. The molecule has 0 radical (unpaired) electrons. The Labute approximate surface area is 188 Å². The third-order valence-electron chi connectivity index (χ3n) is 5.21. The topological polar surface area (TPSA) is 36.4 Å². The summed E-state index contributed by atoms with van der Waals surface area (Å²) >= 11 is 9.83. The summed E-state index contributed by atoms with van der Waals surface area (Å²) in [5.41, 5.74) is 3.26. The van der Waals surface area contributed by atoms with Gasteiger partial charge in [0.15, 0.2) is 0 Å². The van der Waals surface area contributed by atoms with E-state index in [1.54, 1.807) is 27.6 Å². The van der Waals surface area contributed by atoms with E-state index >= 15 is 0 Å². The molecule has 2 aromatic heterocycles. The van der Waals surface area contributed by atoms with E-state index in [1.165, 1.54) is 0 Å². The lowest BCUT2D eigenvalue weighted by atomic mass is 10.0. The Morgan fingerprint density at radius 3 is 2.47 bits per heavy atom. The number of hydrogen-bond acceptors (Lipinski definition) is 5. The van der Waals surface area contributed by atoms with E-state index in [0.717, 1.165) is 26.1 Å². The zero-order chi connectivity index (χ0) is 20.8. The molecule has 0 aliphatic carbocycles. The number of thiophene rings is 1. The molecule has 0 saturated heterocycles. The van der Waals surface area contributed by atoms with Crippen molar-refractivity contribution in [1.82, 2.24) is 4.98 Å². The number of carbonyl (C=O) groups excluding carboxylic acids is 1. The number of thiazole rings is 1. The monoisotopic (exact) mass is 451 g/mol. The van der Waals surface area contributed by atoms with Crippen molar-refractivity contribution in [3.8, 4) is 10.6 Å². The van der Waals surface area contributed by atoms with E-state index in [-0.39, 0.29) is 12.1 Å². The number of fused-ring (bicyclic) bond motifs is 1. The highest BCUT2D eigenvalue weighted by molar-refractivity contribution is 7.16. The van der Waals surface area contributed by atoms with Crippen molar-refractivity contribution in [3.05, 3.63) is 86.5 Å². The fourth-order valence-corrected chi connectivity index (χ4v) is 5.84. The summed E-state index contributed by atoms with van der Waals surface area (Å²) in [6, 6.07) is 19.4. The highest BCUT2D eigenvalue weighted by Gasteiger charge is 2.39. The minimum atomic E-state index is -0.300. The number of para-hydroxylation sites is 2. The second-order valence-corrected chi connectivity index (χ2v) is 9.67. The van der Waals surface area contributed by atoms with Crippen LogP contribution in [0.3, 0.4) is 0 Å². The van der Waals surface area contributed by atoms with Gasteiger partial charge in [-0.25, -0.2) is 4.98 Å². The molecule has 150 valence electrons. The largest absolute Gasteiger partial charge is 0.349 e. The van der Waals surface area contributed by atoms with Crippen molar-refractivity contribution in [1.29, 1.82) is 0 Å². The van der Waals surface area contributed by atoms with E-state index in [4.69, 9.17) is 11.6 Å². The molecule has 2 aromatic carbocycles. The highest BCUT2D eigenvalue weighted by atomic mass is 35.5. The Hall–Kier alpha value is -2.67. The van der Waals surface area contributed by atoms with Crippen LogP contribution in [0.1, 0.15) is 26.4 Å². The molecule has 3 heterocycles. The Morgan fingerprint density at radius 1 is 1.00 bits per heavy atom. The van der Waals surface area contributed by atoms with Crippen LogP contribution < -0.4 is 9.80 Å². The highest BCUT2D eigenvalue weighted by Crippen LogP contribution is 2.45. The van der Waals surface area contributed by atoms with Crippen molar-refractivity contribution in [2.75, 3.05) is 16.8 Å². The first kappa shape index (κ1) is 19.3. The number of benzene rings is 2. The molecule has 0 N–H and O–H groups in total. The average molecular weight is 452 g/mol. The second kappa shape index (κ2) is 7.54. The summed E-state index contributed by atoms with van der Waals surface area (Å²) in [7, 11) is 2.02. The molecule has 0 fully saturated rings. The third kappa shape index (κ3) is 3.12. The second-order valence-electron chi connectivity index (χ2n) is 7.08. The van der Waals surface area contributed by atoms with E-state index in [0.29, 0.717) is 16.3 Å². The Kier molecular flexibility index (Phi) is 4.85. The van der Waals surface area contributed by atoms with Gasteiger partial charge in [-0.1, -0.05) is 35.9 Å². The smallest absolute Gasteiger partial charge is 0.262 e. The molecule has 1 aliphatic rings. The van der Waals surface area contributed by atoms with Crippen molar-refractivity contribution in [2.45, 2.75) is 13.1 Å². The third-order valence-corrected chi connectivity index (χ3v) is 7.45. The fourth-order valence-electron chi connectivity index (χ4n) is 3.82. The minimum absolute atomic E-state index is 0.0544. The quantitative estimate of drug-likeness (QED) is 0.350. The van der Waals surface area contributed by atoms with Crippen LogP contribution in [0.4, 0.5) is 11.4 Å². The summed E-state index contributed by atoms with van der Waals surface area (Å²) in [5, 5.41) is 3.66. The molecule has 1 unspecified atom stereocenters. The van der Waals surface area contributed by atoms with Crippen LogP contribution in [-0.4, -0.2) is 17.9 Å². The minimum Gasteiger partial charge on any atom is -0.349 e. The van der Waals surface area contributed by atoms with Gasteiger partial charge in [0, 0.05) is 17.3 Å². The lowest BCUT2D eigenvalue weighted by Gasteiger charge is -2.43. The molecular formula is C23H18ClN3OS2. The number of amides is 1. The Bertz CT molecular complexity index is 1250. The van der Waals surface area contributed by atoms with Crippen LogP contribution in [0.5, 0.6) is 0 Å². The van der Waals surface area contributed by atoms with Gasteiger partial charge in [-0.05, 0) is 43.3 Å². The Balaban J connectivity index is 1.67. The molecular weight excluding hydrogens is 434 g/mol. The molecule has 30 heavy (non-hydrogen) atoms. The summed E-state index contributed by atoms with van der Waals surface area (Å²) < 4.78 is 0. The zero-order valence-corrected chi connectivity index (χ0v) is 18.8. The molecule has 1 aliphatic heterocycles. The summed E-state index contributed by atoms with van der Waals surface area (Å²) in [6.45, 7) is 2.01. The predicted octanol–water partition coefficient (Wildman–Crippen LogP) is 6.63. The predicted molar refractivity (Wildman–Crippen MR) is 126 cm³/mol. The van der Waals surface area contributed by atoms with Crippen molar-refractivity contribution in [2.24, 2.45) is 0 Å². The normalized spacial score (nSPS) is 16.1. The first-order valence-electron chi connectivity index (χ1n) is 9.47. The molecule has 1 amide bonds. The zero-order valence-electron chi connectivity index (χ0n) is 16.4. The molecule has 7 heteroatoms. The van der Waals surface area contributed by atoms with Gasteiger partial charge in [-0.3, -0.25) is 9.69 Å². The molecule has 5 rings (SSSR count). The van der Waals surface area contributed by atoms with Crippen LogP contribution >= 0.6 is 34.3 Å². The molecule has 4 aromatic rings. The van der Waals surface area contributed by atoms with Crippen LogP contribution in [0.15, 0.2) is 66.0 Å². The summed E-state index contributed by atoms with van der Waals surface area (Å²) in [4.78, 5) is 24.3. The number of hydrogen-bond donors (Lipinski definition) is 0. The molecule has 0 spiro atoms. The molecule has 4 nitrogen and oxygen atoms in total. The number of carbonyl (C=O) groups is 1. The standard InChI is InChI=1S/C23H18ClN3OS2/c1-14-25-17(13-29-14)20-11-12-21(30-20)22-26(2)18-9-5-3-7-15(18)23(28)27(22)19-10-6-4-8-16(19)24/h3-13,22H,1-2H3. The maximum absolute atomic E-state index is 13.6. The van der Waals surface area contributed by atoms with E-state index in [1.807, 2.05) is 62.5 Å². The molecule has 0 saturated carbocycles. The first-order chi connectivity index (χ1) is 14.5. The van der Waals surface area contributed by atoms with Crippen LogP contribution in [-0.2, 0) is 0 Å². The van der Waals surface area contributed by atoms with Gasteiger partial charge in [-0.2, -0.15) is 0 Å².